The first-order valence-corrected chi connectivity index (χ1v) is 14.3. The number of hydrogen-bond acceptors (Lipinski definition) is 7. The first-order chi connectivity index (χ1) is 19.6. The Balaban J connectivity index is 1.05. The molecule has 2 aliphatic heterocycles. The summed E-state index contributed by atoms with van der Waals surface area (Å²) >= 11 is 0. The minimum absolute atomic E-state index is 0.0598. The van der Waals surface area contributed by atoms with Gasteiger partial charge in [0, 0.05) is 42.7 Å². The minimum Gasteiger partial charge on any atom is -0.472 e. The van der Waals surface area contributed by atoms with Gasteiger partial charge in [-0.05, 0) is 75.5 Å². The standard InChI is InChI=1S/C32H35N5O3/c1-23-31(34-29-7-3-6-18-37(29)32(23)39)40-22-24-8-10-25(11-9-24)30(38)26-12-13-28(33-21-26)36-19-14-27(15-20-36)35-16-4-2-5-17-35/h3,6-13,18,21,27H,2,4-5,14-17,19-20,22H2,1H3. The molecule has 2 fully saturated rings. The van der Waals surface area contributed by atoms with Gasteiger partial charge in [0.05, 0.1) is 5.56 Å². The lowest BCUT2D eigenvalue weighted by Gasteiger charge is -2.40. The Kier molecular flexibility index (Phi) is 7.60. The number of nitrogens with zero attached hydrogens (tertiary/aromatic N) is 5. The summed E-state index contributed by atoms with van der Waals surface area (Å²) in [5, 5.41) is 0. The van der Waals surface area contributed by atoms with Crippen molar-refractivity contribution in [2.75, 3.05) is 31.1 Å². The van der Waals surface area contributed by atoms with Gasteiger partial charge in [-0.3, -0.25) is 14.0 Å². The Morgan fingerprint density at radius 3 is 2.40 bits per heavy atom. The monoisotopic (exact) mass is 537 g/mol. The summed E-state index contributed by atoms with van der Waals surface area (Å²) < 4.78 is 7.38. The van der Waals surface area contributed by atoms with E-state index < -0.39 is 0 Å². The van der Waals surface area contributed by atoms with Crippen molar-refractivity contribution in [2.24, 2.45) is 0 Å². The maximum atomic E-state index is 13.1. The molecule has 0 spiro atoms. The molecular weight excluding hydrogens is 502 g/mol. The molecule has 206 valence electrons. The SMILES string of the molecule is Cc1c(OCc2ccc(C(=O)c3ccc(N4CCC(N5CCCCC5)CC4)nc3)cc2)nc2ccccn2c1=O. The van der Waals surface area contributed by atoms with Crippen LogP contribution in [-0.2, 0) is 6.61 Å². The van der Waals surface area contributed by atoms with E-state index >= 15 is 0 Å². The van der Waals surface area contributed by atoms with E-state index in [2.05, 4.69) is 19.8 Å². The Hall–Kier alpha value is -4.04. The van der Waals surface area contributed by atoms with Gasteiger partial charge in [0.25, 0.3) is 5.56 Å². The van der Waals surface area contributed by atoms with Gasteiger partial charge in [0.1, 0.15) is 18.1 Å². The van der Waals surface area contributed by atoms with Crippen LogP contribution in [0.25, 0.3) is 5.65 Å². The van der Waals surface area contributed by atoms with Crippen molar-refractivity contribution in [2.45, 2.75) is 51.7 Å². The highest BCUT2D eigenvalue weighted by Gasteiger charge is 2.26. The maximum absolute atomic E-state index is 13.1. The summed E-state index contributed by atoms with van der Waals surface area (Å²) in [6, 6.07) is 17.3. The van der Waals surface area contributed by atoms with Crippen LogP contribution in [0, 0.1) is 6.92 Å². The molecular formula is C32H35N5O3. The van der Waals surface area contributed by atoms with Crippen LogP contribution in [0.1, 0.15) is 59.2 Å². The molecule has 8 heteroatoms. The van der Waals surface area contributed by atoms with Crippen molar-refractivity contribution in [1.29, 1.82) is 0 Å². The number of aromatic nitrogens is 3. The summed E-state index contributed by atoms with van der Waals surface area (Å²) in [4.78, 5) is 39.8. The van der Waals surface area contributed by atoms with Crippen LogP contribution in [0.5, 0.6) is 5.88 Å². The molecule has 0 saturated carbocycles. The molecule has 0 aliphatic carbocycles. The first-order valence-electron chi connectivity index (χ1n) is 14.3. The number of fused-ring (bicyclic) bond motifs is 1. The quantitative estimate of drug-likeness (QED) is 0.317. The smallest absolute Gasteiger partial charge is 0.264 e. The number of anilines is 1. The first kappa shape index (κ1) is 26.2. The zero-order valence-electron chi connectivity index (χ0n) is 23.0. The highest BCUT2D eigenvalue weighted by atomic mass is 16.5. The second-order valence-corrected chi connectivity index (χ2v) is 10.8. The molecule has 40 heavy (non-hydrogen) atoms. The highest BCUT2D eigenvalue weighted by Crippen LogP contribution is 2.24. The fourth-order valence-corrected chi connectivity index (χ4v) is 5.82. The lowest BCUT2D eigenvalue weighted by atomic mass is 10.00. The Bertz CT molecular complexity index is 1530. The van der Waals surface area contributed by atoms with E-state index in [1.54, 1.807) is 43.6 Å². The van der Waals surface area contributed by atoms with Crippen molar-refractivity contribution >= 4 is 17.2 Å². The predicted molar refractivity (Wildman–Crippen MR) is 155 cm³/mol. The molecule has 5 heterocycles. The van der Waals surface area contributed by atoms with Gasteiger partial charge >= 0.3 is 0 Å². The Labute approximate surface area is 234 Å². The number of pyridine rings is 2. The second-order valence-electron chi connectivity index (χ2n) is 10.8. The summed E-state index contributed by atoms with van der Waals surface area (Å²) in [6.45, 7) is 6.47. The molecule has 4 aromatic rings. The van der Waals surface area contributed by atoms with Crippen LogP contribution in [0.2, 0.25) is 0 Å². The molecule has 0 N–H and O–H groups in total. The van der Waals surface area contributed by atoms with Gasteiger partial charge in [0.2, 0.25) is 5.88 Å². The van der Waals surface area contributed by atoms with Gasteiger partial charge in [-0.15, -0.1) is 0 Å². The molecule has 2 saturated heterocycles. The van der Waals surface area contributed by atoms with Crippen molar-refractivity contribution in [3.8, 4) is 5.88 Å². The molecule has 8 nitrogen and oxygen atoms in total. The number of carbonyl (C=O) groups is 1. The lowest BCUT2D eigenvalue weighted by molar-refractivity contribution is 0.103. The highest BCUT2D eigenvalue weighted by molar-refractivity contribution is 6.08. The van der Waals surface area contributed by atoms with E-state index in [-0.39, 0.29) is 17.9 Å². The average Bonchev–Trinajstić information content (AvgIpc) is 3.02. The number of piperidine rings is 2. The van der Waals surface area contributed by atoms with Gasteiger partial charge < -0.3 is 14.5 Å². The van der Waals surface area contributed by atoms with E-state index in [0.29, 0.717) is 34.3 Å². The van der Waals surface area contributed by atoms with Crippen molar-refractivity contribution in [3.63, 3.8) is 0 Å². The summed E-state index contributed by atoms with van der Waals surface area (Å²) in [7, 11) is 0. The number of rotatable bonds is 7. The topological polar surface area (TPSA) is 80.0 Å². The molecule has 0 unspecified atom stereocenters. The van der Waals surface area contributed by atoms with Gasteiger partial charge in [-0.2, -0.15) is 4.98 Å². The van der Waals surface area contributed by atoms with E-state index in [4.69, 9.17) is 4.74 Å². The Morgan fingerprint density at radius 2 is 1.68 bits per heavy atom. The number of hydrogen-bond donors (Lipinski definition) is 0. The van der Waals surface area contributed by atoms with Gasteiger partial charge in [0.15, 0.2) is 5.78 Å². The fourth-order valence-electron chi connectivity index (χ4n) is 5.82. The zero-order valence-corrected chi connectivity index (χ0v) is 23.0. The lowest BCUT2D eigenvalue weighted by Crippen LogP contribution is -2.46. The van der Waals surface area contributed by atoms with E-state index in [1.807, 2.05) is 30.3 Å². The number of likely N-dealkylation sites (tertiary alicyclic amines) is 1. The van der Waals surface area contributed by atoms with E-state index in [9.17, 15) is 9.59 Å². The molecule has 1 aromatic carbocycles. The number of benzene rings is 1. The van der Waals surface area contributed by atoms with Crippen molar-refractivity contribution < 1.29 is 9.53 Å². The Morgan fingerprint density at radius 1 is 0.925 bits per heavy atom. The molecule has 0 amide bonds. The van der Waals surface area contributed by atoms with Crippen LogP contribution in [0.4, 0.5) is 5.82 Å². The normalized spacial score (nSPS) is 16.8. The third-order valence-corrected chi connectivity index (χ3v) is 8.21. The average molecular weight is 538 g/mol. The summed E-state index contributed by atoms with van der Waals surface area (Å²) in [6.07, 6.45) is 9.77. The zero-order chi connectivity index (χ0) is 27.5. The van der Waals surface area contributed by atoms with Crippen LogP contribution in [0.15, 0.2) is 71.8 Å². The van der Waals surface area contributed by atoms with E-state index in [1.165, 1.54) is 49.6 Å². The molecule has 0 atom stereocenters. The van der Waals surface area contributed by atoms with E-state index in [0.717, 1.165) is 24.5 Å². The number of carbonyl (C=O) groups excluding carboxylic acids is 1. The van der Waals surface area contributed by atoms with Crippen LogP contribution in [-0.4, -0.2) is 57.3 Å². The van der Waals surface area contributed by atoms with Crippen LogP contribution < -0.4 is 15.2 Å². The molecule has 0 radical (unpaired) electrons. The van der Waals surface area contributed by atoms with Crippen LogP contribution in [0.3, 0.4) is 0 Å². The summed E-state index contributed by atoms with van der Waals surface area (Å²) in [5.74, 6) is 1.20. The van der Waals surface area contributed by atoms with Crippen molar-refractivity contribution in [1.82, 2.24) is 19.3 Å². The molecule has 2 aliphatic rings. The molecule has 0 bridgehead atoms. The fraction of sp³-hybridized carbons (Fsp3) is 0.375. The van der Waals surface area contributed by atoms with Crippen molar-refractivity contribution in [3.05, 3.63) is 99.6 Å². The van der Waals surface area contributed by atoms with Gasteiger partial charge in [-0.1, -0.05) is 36.8 Å². The second kappa shape index (κ2) is 11.6. The number of ether oxygens (including phenoxy) is 1. The predicted octanol–water partition coefficient (Wildman–Crippen LogP) is 4.66. The van der Waals surface area contributed by atoms with Crippen LogP contribution >= 0.6 is 0 Å². The largest absolute Gasteiger partial charge is 0.472 e. The molecule has 3 aromatic heterocycles. The minimum atomic E-state index is -0.150. The number of ketones is 1. The third-order valence-electron chi connectivity index (χ3n) is 8.21. The maximum Gasteiger partial charge on any atom is 0.264 e. The van der Waals surface area contributed by atoms with Gasteiger partial charge in [-0.25, -0.2) is 4.98 Å². The molecule has 6 rings (SSSR count). The summed E-state index contributed by atoms with van der Waals surface area (Å²) in [5.41, 5.74) is 2.90. The third kappa shape index (κ3) is 5.49.